The fourth-order valence-corrected chi connectivity index (χ4v) is 3.99. The lowest BCUT2D eigenvalue weighted by atomic mass is 9.62. The van der Waals surface area contributed by atoms with E-state index in [-0.39, 0.29) is 12.0 Å². The molecule has 0 unspecified atom stereocenters. The number of halogens is 1. The smallest absolute Gasteiger partial charge is 0.0490 e. The Morgan fingerprint density at radius 1 is 1.24 bits per heavy atom. The monoisotopic (exact) mass is 308 g/mol. The van der Waals surface area contributed by atoms with Crippen molar-refractivity contribution in [1.82, 2.24) is 0 Å². The number of aliphatic hydroxyl groups is 1. The molecule has 1 saturated carbocycles. The van der Waals surface area contributed by atoms with Crippen molar-refractivity contribution in [2.24, 2.45) is 16.7 Å². The molecule has 1 N–H and O–H groups in total. The van der Waals surface area contributed by atoms with Crippen LogP contribution in [0.25, 0.3) is 0 Å². The Morgan fingerprint density at radius 2 is 1.86 bits per heavy atom. The van der Waals surface area contributed by atoms with Crippen molar-refractivity contribution in [3.05, 3.63) is 34.3 Å². The van der Waals surface area contributed by atoms with Gasteiger partial charge in [-0.2, -0.15) is 0 Å². The molecule has 0 heterocycles. The quantitative estimate of drug-likeness (QED) is 0.792. The third kappa shape index (κ3) is 4.02. The number of hydrogen-bond donors (Lipinski definition) is 1. The van der Waals surface area contributed by atoms with E-state index in [1.807, 2.05) is 6.07 Å². The topological polar surface area (TPSA) is 20.2 Å². The van der Waals surface area contributed by atoms with Crippen LogP contribution >= 0.6 is 11.6 Å². The maximum Gasteiger partial charge on any atom is 0.0490 e. The van der Waals surface area contributed by atoms with Crippen molar-refractivity contribution in [3.8, 4) is 0 Å². The van der Waals surface area contributed by atoms with E-state index in [4.69, 9.17) is 11.6 Å². The average Bonchev–Trinajstić information content (AvgIpc) is 2.41. The van der Waals surface area contributed by atoms with Crippen molar-refractivity contribution in [1.29, 1.82) is 0 Å². The summed E-state index contributed by atoms with van der Waals surface area (Å²) < 4.78 is 0. The molecule has 1 aromatic rings. The second-order valence-electron chi connectivity index (χ2n) is 8.07. The van der Waals surface area contributed by atoms with Gasteiger partial charge in [-0.15, -0.1) is 0 Å². The summed E-state index contributed by atoms with van der Waals surface area (Å²) >= 11 is 6.39. The fourth-order valence-electron chi connectivity index (χ4n) is 3.69. The van der Waals surface area contributed by atoms with E-state index in [9.17, 15) is 5.11 Å². The summed E-state index contributed by atoms with van der Waals surface area (Å²) in [5.74, 6) is 0.769. The number of aliphatic hydroxyl groups excluding tert-OH is 1. The molecule has 0 saturated heterocycles. The highest BCUT2D eigenvalue weighted by atomic mass is 35.5. The average molecular weight is 309 g/mol. The zero-order valence-electron chi connectivity index (χ0n) is 13.9. The van der Waals surface area contributed by atoms with Crippen LogP contribution in [0.15, 0.2) is 18.2 Å². The van der Waals surface area contributed by atoms with Crippen LogP contribution < -0.4 is 0 Å². The highest BCUT2D eigenvalue weighted by Gasteiger charge is 2.38. The Hall–Kier alpha value is -0.530. The molecule has 1 aromatic carbocycles. The van der Waals surface area contributed by atoms with E-state index >= 15 is 0 Å². The summed E-state index contributed by atoms with van der Waals surface area (Å²) in [7, 11) is 0. The van der Waals surface area contributed by atoms with E-state index in [1.165, 1.54) is 24.0 Å². The number of rotatable bonds is 3. The SMILES string of the molecule is Cc1ccc(CC2(CO)CCC(C(C)(C)C)CC2)c(Cl)c1. The standard InChI is InChI=1S/C19H29ClO/c1-14-5-6-15(17(20)11-14)12-19(13-21)9-7-16(8-10-19)18(2,3)4/h5-6,11,16,21H,7-10,12-13H2,1-4H3. The molecule has 1 aliphatic carbocycles. The molecule has 0 atom stereocenters. The van der Waals surface area contributed by atoms with Crippen LogP contribution in [0, 0.1) is 23.7 Å². The van der Waals surface area contributed by atoms with Gasteiger partial charge in [0.15, 0.2) is 0 Å². The Kier molecular flexibility index (Phi) is 5.05. The number of aryl methyl sites for hydroxylation is 1. The molecule has 0 spiro atoms. The third-order valence-electron chi connectivity index (χ3n) is 5.38. The van der Waals surface area contributed by atoms with Gasteiger partial charge < -0.3 is 5.11 Å². The minimum absolute atomic E-state index is 0.0284. The maximum absolute atomic E-state index is 9.99. The van der Waals surface area contributed by atoms with Gasteiger partial charge in [-0.05, 0) is 73.0 Å². The van der Waals surface area contributed by atoms with E-state index in [1.54, 1.807) is 0 Å². The first kappa shape index (κ1) is 16.8. The molecule has 0 bridgehead atoms. The number of benzene rings is 1. The summed E-state index contributed by atoms with van der Waals surface area (Å²) in [5.41, 5.74) is 2.79. The minimum Gasteiger partial charge on any atom is -0.396 e. The zero-order valence-corrected chi connectivity index (χ0v) is 14.6. The first-order valence-electron chi connectivity index (χ1n) is 8.12. The lowest BCUT2D eigenvalue weighted by Crippen LogP contribution is -2.36. The van der Waals surface area contributed by atoms with E-state index in [0.717, 1.165) is 30.2 Å². The fraction of sp³-hybridized carbons (Fsp3) is 0.684. The molecule has 118 valence electrons. The molecule has 0 aromatic heterocycles. The van der Waals surface area contributed by atoms with Crippen molar-refractivity contribution < 1.29 is 5.11 Å². The van der Waals surface area contributed by atoms with E-state index in [0.29, 0.717) is 5.41 Å². The number of hydrogen-bond acceptors (Lipinski definition) is 1. The molecule has 2 rings (SSSR count). The first-order valence-corrected chi connectivity index (χ1v) is 8.49. The Morgan fingerprint density at radius 3 is 2.33 bits per heavy atom. The molecule has 1 aliphatic rings. The molecule has 21 heavy (non-hydrogen) atoms. The van der Waals surface area contributed by atoms with E-state index in [2.05, 4.69) is 39.8 Å². The lowest BCUT2D eigenvalue weighted by Gasteiger charge is -2.43. The predicted molar refractivity (Wildman–Crippen MR) is 90.8 cm³/mol. The van der Waals surface area contributed by atoms with Gasteiger partial charge in [0.25, 0.3) is 0 Å². The molecule has 0 aliphatic heterocycles. The van der Waals surface area contributed by atoms with Crippen LogP contribution in [0.3, 0.4) is 0 Å². The molecule has 1 fully saturated rings. The van der Waals surface area contributed by atoms with Gasteiger partial charge in [-0.1, -0.05) is 44.5 Å². The van der Waals surface area contributed by atoms with Crippen LogP contribution in [0.2, 0.25) is 5.02 Å². The second-order valence-corrected chi connectivity index (χ2v) is 8.48. The Bertz CT molecular complexity index is 479. The van der Waals surface area contributed by atoms with Crippen LogP contribution in [0.4, 0.5) is 0 Å². The molecular formula is C19H29ClO. The predicted octanol–water partition coefficient (Wildman–Crippen LogP) is 5.41. The van der Waals surface area contributed by atoms with Crippen molar-refractivity contribution in [3.63, 3.8) is 0 Å². The van der Waals surface area contributed by atoms with Gasteiger partial charge in [0, 0.05) is 11.6 Å². The van der Waals surface area contributed by atoms with Crippen LogP contribution in [0.5, 0.6) is 0 Å². The van der Waals surface area contributed by atoms with Crippen molar-refractivity contribution in [2.75, 3.05) is 6.61 Å². The van der Waals surface area contributed by atoms with Crippen molar-refractivity contribution in [2.45, 2.75) is 59.8 Å². The van der Waals surface area contributed by atoms with Crippen molar-refractivity contribution >= 4 is 11.6 Å². The lowest BCUT2D eigenvalue weighted by molar-refractivity contribution is 0.0369. The van der Waals surface area contributed by atoms with Crippen LogP contribution in [0.1, 0.15) is 57.6 Å². The van der Waals surface area contributed by atoms with Crippen LogP contribution in [-0.4, -0.2) is 11.7 Å². The summed E-state index contributed by atoms with van der Waals surface area (Å²) in [4.78, 5) is 0. The highest BCUT2D eigenvalue weighted by Crippen LogP contribution is 2.47. The largest absolute Gasteiger partial charge is 0.396 e. The normalized spacial score (nSPS) is 26.9. The Labute approximate surface area is 134 Å². The summed E-state index contributed by atoms with van der Waals surface area (Å²) in [6.45, 7) is 9.33. The minimum atomic E-state index is 0.0284. The van der Waals surface area contributed by atoms with Gasteiger partial charge in [0.05, 0.1) is 0 Å². The summed E-state index contributed by atoms with van der Waals surface area (Å²) in [6.07, 6.45) is 5.55. The third-order valence-corrected chi connectivity index (χ3v) is 5.73. The molecule has 2 heteroatoms. The Balaban J connectivity index is 2.10. The molecule has 0 radical (unpaired) electrons. The van der Waals surface area contributed by atoms with Gasteiger partial charge in [0.2, 0.25) is 0 Å². The molecule has 1 nitrogen and oxygen atoms in total. The second kappa shape index (κ2) is 6.30. The van der Waals surface area contributed by atoms with Gasteiger partial charge in [-0.3, -0.25) is 0 Å². The van der Waals surface area contributed by atoms with Gasteiger partial charge in [-0.25, -0.2) is 0 Å². The maximum atomic E-state index is 9.99. The first-order chi connectivity index (χ1) is 9.76. The molecule has 0 amide bonds. The zero-order chi connectivity index (χ0) is 15.7. The van der Waals surface area contributed by atoms with Gasteiger partial charge in [0.1, 0.15) is 0 Å². The van der Waals surface area contributed by atoms with Gasteiger partial charge >= 0.3 is 0 Å². The van der Waals surface area contributed by atoms with E-state index < -0.39 is 0 Å². The summed E-state index contributed by atoms with van der Waals surface area (Å²) in [5, 5.41) is 10.8. The summed E-state index contributed by atoms with van der Waals surface area (Å²) in [6, 6.07) is 6.28. The molecular weight excluding hydrogens is 280 g/mol. The highest BCUT2D eigenvalue weighted by molar-refractivity contribution is 6.31. The van der Waals surface area contributed by atoms with Crippen LogP contribution in [-0.2, 0) is 6.42 Å².